The maximum absolute atomic E-state index is 10.1. The van der Waals surface area contributed by atoms with E-state index in [9.17, 15) is 4.79 Å². The van der Waals surface area contributed by atoms with Crippen LogP contribution in [0.5, 0.6) is 0 Å². The molecule has 9 heavy (non-hydrogen) atoms. The zero-order valence-corrected chi connectivity index (χ0v) is 6.60. The van der Waals surface area contributed by atoms with Crippen LogP contribution < -0.4 is 5.32 Å². The molecule has 1 rings (SSSR count). The van der Waals surface area contributed by atoms with Crippen molar-refractivity contribution >= 4 is 5.91 Å². The van der Waals surface area contributed by atoms with Crippen LogP contribution in [-0.2, 0) is 25.9 Å². The van der Waals surface area contributed by atoms with Crippen LogP contribution in [0.25, 0.3) is 0 Å². The van der Waals surface area contributed by atoms with Crippen molar-refractivity contribution < 1.29 is 25.9 Å². The fraction of sp³-hybridized carbons (Fsp3) is 0.500. The molecule has 1 amide bonds. The first kappa shape index (κ1) is 8.95. The van der Waals surface area contributed by atoms with E-state index in [1.165, 1.54) is 0 Å². The SMILES string of the molecule is C=[CH][Ag].O=C1CCCN1. The summed E-state index contributed by atoms with van der Waals surface area (Å²) >= 11 is 2.92. The third kappa shape index (κ3) is 5.83. The minimum absolute atomic E-state index is 0.204. The molecule has 0 saturated carbocycles. The van der Waals surface area contributed by atoms with Gasteiger partial charge < -0.3 is 5.32 Å². The van der Waals surface area contributed by atoms with Crippen LogP contribution in [0.4, 0.5) is 0 Å². The van der Waals surface area contributed by atoms with Gasteiger partial charge in [-0.05, 0) is 6.42 Å². The summed E-state index contributed by atoms with van der Waals surface area (Å²) in [5.41, 5.74) is 0. The fourth-order valence-electron chi connectivity index (χ4n) is 0.565. The molecule has 1 fully saturated rings. The summed E-state index contributed by atoms with van der Waals surface area (Å²) in [5, 5.41) is 2.68. The minimum atomic E-state index is 0.204. The second-order valence-electron chi connectivity index (χ2n) is 1.58. The molecule has 1 saturated heterocycles. The molecule has 1 aliphatic rings. The summed E-state index contributed by atoms with van der Waals surface area (Å²) in [6, 6.07) is 0. The van der Waals surface area contributed by atoms with Gasteiger partial charge in [0.05, 0.1) is 0 Å². The predicted octanol–water partition coefficient (Wildman–Crippen LogP) is 0.573. The number of hydrogen-bond acceptors (Lipinski definition) is 1. The Labute approximate surface area is 67.6 Å². The van der Waals surface area contributed by atoms with Gasteiger partial charge in [-0.2, -0.15) is 0 Å². The Morgan fingerprint density at radius 1 is 1.78 bits per heavy atom. The van der Waals surface area contributed by atoms with E-state index < -0.39 is 0 Å². The Kier molecular flexibility index (Phi) is 6.04. The average Bonchev–Trinajstić information content (AvgIpc) is 2.20. The summed E-state index contributed by atoms with van der Waals surface area (Å²) in [4.78, 5) is 10.1. The van der Waals surface area contributed by atoms with Gasteiger partial charge in [-0.1, -0.05) is 0 Å². The molecular formula is C6H10AgNO. The molecule has 1 N–H and O–H groups in total. The number of nitrogens with one attached hydrogen (secondary N) is 1. The van der Waals surface area contributed by atoms with Gasteiger partial charge in [-0.15, -0.1) is 0 Å². The van der Waals surface area contributed by atoms with Crippen molar-refractivity contribution in [2.75, 3.05) is 6.54 Å². The third-order valence-corrected chi connectivity index (χ3v) is 0.903. The molecule has 56 valence electrons. The van der Waals surface area contributed by atoms with E-state index >= 15 is 0 Å². The summed E-state index contributed by atoms with van der Waals surface area (Å²) in [6.45, 7) is 4.16. The molecule has 0 aromatic rings. The molecular weight excluding hydrogens is 210 g/mol. The van der Waals surface area contributed by atoms with E-state index in [1.54, 1.807) is 4.29 Å². The van der Waals surface area contributed by atoms with E-state index in [0.29, 0.717) is 0 Å². The van der Waals surface area contributed by atoms with E-state index in [1.807, 2.05) is 0 Å². The first-order chi connectivity index (χ1) is 4.31. The van der Waals surface area contributed by atoms with Gasteiger partial charge in [-0.25, -0.2) is 0 Å². The normalized spacial score (nSPS) is 15.6. The summed E-state index contributed by atoms with van der Waals surface area (Å²) in [6.07, 6.45) is 1.76. The molecule has 1 aliphatic heterocycles. The minimum Gasteiger partial charge on any atom is -0.356 e. The first-order valence-electron chi connectivity index (χ1n) is 2.74. The Morgan fingerprint density at radius 2 is 2.33 bits per heavy atom. The van der Waals surface area contributed by atoms with Gasteiger partial charge >= 0.3 is 31.9 Å². The molecule has 0 bridgehead atoms. The Bertz CT molecular complexity index is 95.2. The van der Waals surface area contributed by atoms with Crippen LogP contribution in [0.1, 0.15) is 12.8 Å². The van der Waals surface area contributed by atoms with Gasteiger partial charge in [0.1, 0.15) is 0 Å². The smallest absolute Gasteiger partial charge is 0.220 e. The Hall–Kier alpha value is -0.0497. The zero-order valence-electron chi connectivity index (χ0n) is 5.12. The monoisotopic (exact) mass is 219 g/mol. The van der Waals surface area contributed by atoms with Crippen molar-refractivity contribution in [3.63, 3.8) is 0 Å². The molecule has 0 unspecified atom stereocenters. The fourth-order valence-corrected chi connectivity index (χ4v) is 0.565. The molecule has 0 radical (unpaired) electrons. The van der Waals surface area contributed by atoms with Crippen molar-refractivity contribution in [2.45, 2.75) is 12.8 Å². The summed E-state index contributed by atoms with van der Waals surface area (Å²) in [5.74, 6) is 0.204. The van der Waals surface area contributed by atoms with Crippen molar-refractivity contribution in [1.29, 1.82) is 0 Å². The van der Waals surface area contributed by atoms with E-state index in [4.69, 9.17) is 0 Å². The second kappa shape index (κ2) is 6.08. The van der Waals surface area contributed by atoms with Gasteiger partial charge in [0.15, 0.2) is 0 Å². The molecule has 2 nitrogen and oxygen atoms in total. The summed E-state index contributed by atoms with van der Waals surface area (Å²) < 4.78 is 1.56. The quantitative estimate of drug-likeness (QED) is 0.594. The van der Waals surface area contributed by atoms with Gasteiger partial charge in [0.2, 0.25) is 5.91 Å². The average molecular weight is 220 g/mol. The maximum Gasteiger partial charge on any atom is 0.220 e. The van der Waals surface area contributed by atoms with Crippen molar-refractivity contribution in [3.05, 3.63) is 10.9 Å². The number of amides is 1. The number of rotatable bonds is 0. The second-order valence-corrected chi connectivity index (χ2v) is 2.18. The Balaban J connectivity index is 0.000000187. The largest absolute Gasteiger partial charge is 0.356 e. The van der Waals surface area contributed by atoms with Gasteiger partial charge in [0.25, 0.3) is 0 Å². The number of hydrogen-bond donors (Lipinski definition) is 1. The van der Waals surface area contributed by atoms with E-state index in [2.05, 4.69) is 33.0 Å². The number of carbonyl (C=O) groups is 1. The van der Waals surface area contributed by atoms with E-state index in [-0.39, 0.29) is 5.91 Å². The van der Waals surface area contributed by atoms with Gasteiger partial charge in [0, 0.05) is 13.0 Å². The molecule has 3 heteroatoms. The molecule has 0 aromatic carbocycles. The maximum atomic E-state index is 10.1. The number of carbonyl (C=O) groups excluding carboxylic acids is 1. The van der Waals surface area contributed by atoms with E-state index in [0.717, 1.165) is 19.4 Å². The van der Waals surface area contributed by atoms with Crippen molar-refractivity contribution in [2.24, 2.45) is 0 Å². The molecule has 0 aromatic heterocycles. The molecule has 0 spiro atoms. The third-order valence-electron chi connectivity index (χ3n) is 0.903. The van der Waals surface area contributed by atoms with Crippen LogP contribution in [-0.4, -0.2) is 12.5 Å². The van der Waals surface area contributed by atoms with Crippen molar-refractivity contribution in [3.8, 4) is 0 Å². The summed E-state index contributed by atoms with van der Waals surface area (Å²) in [7, 11) is 0. The van der Waals surface area contributed by atoms with Crippen LogP contribution in [0.3, 0.4) is 0 Å². The topological polar surface area (TPSA) is 29.1 Å². The molecule has 0 aliphatic carbocycles. The standard InChI is InChI=1S/C4H7NO.C2H3.Ag/c6-4-2-1-3-5-4;1-2;/h1-3H2,(H,5,6);1H,2H2;. The molecule has 1 heterocycles. The van der Waals surface area contributed by atoms with Gasteiger partial charge in [-0.3, -0.25) is 4.79 Å². The first-order valence-corrected chi connectivity index (χ1v) is 3.60. The Morgan fingerprint density at radius 3 is 2.44 bits per heavy atom. The van der Waals surface area contributed by atoms with Crippen LogP contribution in [0.2, 0.25) is 0 Å². The van der Waals surface area contributed by atoms with Crippen LogP contribution in [0, 0.1) is 0 Å². The molecule has 0 atom stereocenters. The zero-order chi connectivity index (χ0) is 7.11. The van der Waals surface area contributed by atoms with Crippen molar-refractivity contribution in [1.82, 2.24) is 5.32 Å². The van der Waals surface area contributed by atoms with Crippen LogP contribution in [0.15, 0.2) is 10.9 Å². The van der Waals surface area contributed by atoms with Crippen LogP contribution >= 0.6 is 0 Å². The predicted molar refractivity (Wildman–Crippen MR) is 32.4 cm³/mol.